The summed E-state index contributed by atoms with van der Waals surface area (Å²) in [6, 6.07) is 7.43. The Kier molecular flexibility index (Phi) is 7.26. The highest BCUT2D eigenvalue weighted by molar-refractivity contribution is 9.10. The van der Waals surface area contributed by atoms with Crippen molar-refractivity contribution in [2.45, 2.75) is 45.4 Å². The summed E-state index contributed by atoms with van der Waals surface area (Å²) in [6.45, 7) is 2.74. The molecule has 1 aliphatic rings. The summed E-state index contributed by atoms with van der Waals surface area (Å²) in [6.07, 6.45) is 3.28. The van der Waals surface area contributed by atoms with E-state index in [0.29, 0.717) is 43.7 Å². The Hall–Kier alpha value is -3.99. The fourth-order valence-corrected chi connectivity index (χ4v) is 5.33. The van der Waals surface area contributed by atoms with Crippen molar-refractivity contribution in [1.29, 1.82) is 0 Å². The number of halogens is 2. The second-order valence-corrected chi connectivity index (χ2v) is 10.4. The Morgan fingerprint density at radius 3 is 2.62 bits per heavy atom. The van der Waals surface area contributed by atoms with Crippen LogP contribution in [0.15, 0.2) is 53.5 Å². The molecule has 2 atom stereocenters. The van der Waals surface area contributed by atoms with Gasteiger partial charge in [0.1, 0.15) is 28.9 Å². The van der Waals surface area contributed by atoms with Crippen LogP contribution in [0.2, 0.25) is 0 Å². The average molecular weight is 594 g/mol. The first kappa shape index (κ1) is 26.6. The molecule has 4 aromatic rings. The molecular formula is C28H25BrFN5O4. The quantitative estimate of drug-likeness (QED) is 0.252. The zero-order valence-corrected chi connectivity index (χ0v) is 22.9. The van der Waals surface area contributed by atoms with Crippen molar-refractivity contribution in [3.63, 3.8) is 0 Å². The maximum Gasteiger partial charge on any atom is 0.243 e. The van der Waals surface area contributed by atoms with Crippen molar-refractivity contribution in [1.82, 2.24) is 24.4 Å². The minimum atomic E-state index is -1.32. The van der Waals surface area contributed by atoms with Gasteiger partial charge in [0.05, 0.1) is 24.5 Å². The molecule has 1 fully saturated rings. The van der Waals surface area contributed by atoms with E-state index in [0.717, 1.165) is 0 Å². The Bertz CT molecular complexity index is 1600. The van der Waals surface area contributed by atoms with Gasteiger partial charge >= 0.3 is 0 Å². The number of Topliss-reactive ketones (excluding diaryl/α,β-unsaturated/α-hetero) is 2. The molecule has 0 bridgehead atoms. The number of rotatable bonds is 7. The number of phenolic OH excluding ortho intramolecular Hbond substituents is 1. The van der Waals surface area contributed by atoms with E-state index >= 15 is 0 Å². The Morgan fingerprint density at radius 1 is 1.18 bits per heavy atom. The first-order valence-corrected chi connectivity index (χ1v) is 13.1. The smallest absolute Gasteiger partial charge is 0.243 e. The summed E-state index contributed by atoms with van der Waals surface area (Å²) in [5, 5.41) is 11.3. The third-order valence-electron chi connectivity index (χ3n) is 6.85. The summed E-state index contributed by atoms with van der Waals surface area (Å²) in [7, 11) is 0. The van der Waals surface area contributed by atoms with Crippen LogP contribution in [-0.4, -0.2) is 65.8 Å². The number of aromatic nitrogens is 4. The molecule has 1 aromatic carbocycles. The molecule has 200 valence electrons. The number of nitrogens with zero attached hydrogens (tertiary/aromatic N) is 5. The van der Waals surface area contributed by atoms with Gasteiger partial charge in [0, 0.05) is 58.8 Å². The SMILES string of the molecule is CC(=O)c1cn(CC(=O)N2C[C@H](F)CC2C(=O)Cc2cccc(Br)n2)c2cc(O)c(-c3cnc(C)nc3)cc12. The molecule has 39 heavy (non-hydrogen) atoms. The molecule has 11 heteroatoms. The van der Waals surface area contributed by atoms with Crippen molar-refractivity contribution >= 4 is 44.3 Å². The Morgan fingerprint density at radius 2 is 1.92 bits per heavy atom. The number of aromatic hydroxyl groups is 1. The van der Waals surface area contributed by atoms with Gasteiger partial charge in [-0.15, -0.1) is 0 Å². The molecule has 1 unspecified atom stereocenters. The molecule has 1 aliphatic heterocycles. The molecule has 1 amide bonds. The normalized spacial score (nSPS) is 17.1. The summed E-state index contributed by atoms with van der Waals surface area (Å²) in [4.78, 5) is 52.8. The van der Waals surface area contributed by atoms with E-state index in [1.54, 1.807) is 54.3 Å². The number of alkyl halides is 1. The van der Waals surface area contributed by atoms with E-state index in [-0.39, 0.29) is 43.2 Å². The van der Waals surface area contributed by atoms with Crippen molar-refractivity contribution < 1.29 is 23.9 Å². The molecule has 0 spiro atoms. The van der Waals surface area contributed by atoms with Crippen molar-refractivity contribution in [3.05, 3.63) is 70.6 Å². The lowest BCUT2D eigenvalue weighted by atomic mass is 10.0. The van der Waals surface area contributed by atoms with Crippen molar-refractivity contribution in [3.8, 4) is 16.9 Å². The second-order valence-electron chi connectivity index (χ2n) is 9.62. The van der Waals surface area contributed by atoms with Crippen LogP contribution in [0.1, 0.15) is 35.2 Å². The maximum absolute atomic E-state index is 14.5. The molecule has 1 saturated heterocycles. The summed E-state index contributed by atoms with van der Waals surface area (Å²) < 4.78 is 16.6. The van der Waals surface area contributed by atoms with Crippen molar-refractivity contribution in [2.24, 2.45) is 0 Å². The third kappa shape index (κ3) is 5.44. The fourth-order valence-electron chi connectivity index (χ4n) is 4.95. The maximum atomic E-state index is 14.5. The number of aryl methyl sites for hydroxylation is 1. The number of hydrogen-bond donors (Lipinski definition) is 1. The number of likely N-dealkylation sites (tertiary alicyclic amines) is 1. The van der Waals surface area contributed by atoms with Gasteiger partial charge in [0.25, 0.3) is 0 Å². The fraction of sp³-hybridized carbons (Fsp3) is 0.286. The van der Waals surface area contributed by atoms with E-state index in [4.69, 9.17) is 0 Å². The molecule has 0 saturated carbocycles. The number of amides is 1. The van der Waals surface area contributed by atoms with Crippen LogP contribution in [0.3, 0.4) is 0 Å². The van der Waals surface area contributed by atoms with E-state index in [9.17, 15) is 23.9 Å². The van der Waals surface area contributed by atoms with Crippen LogP contribution >= 0.6 is 15.9 Å². The lowest BCUT2D eigenvalue weighted by molar-refractivity contribution is -0.137. The second kappa shape index (κ2) is 10.6. The van der Waals surface area contributed by atoms with E-state index < -0.39 is 18.1 Å². The van der Waals surface area contributed by atoms with Crippen LogP contribution in [0.4, 0.5) is 4.39 Å². The minimum Gasteiger partial charge on any atom is -0.507 e. The van der Waals surface area contributed by atoms with Gasteiger partial charge in [-0.3, -0.25) is 14.4 Å². The first-order valence-electron chi connectivity index (χ1n) is 12.3. The monoisotopic (exact) mass is 593 g/mol. The number of carbonyl (C=O) groups excluding carboxylic acids is 3. The first-order chi connectivity index (χ1) is 18.6. The Balaban J connectivity index is 1.44. The van der Waals surface area contributed by atoms with Gasteiger partial charge in [-0.1, -0.05) is 6.07 Å². The average Bonchev–Trinajstić information content (AvgIpc) is 3.45. The zero-order chi connectivity index (χ0) is 27.8. The summed E-state index contributed by atoms with van der Waals surface area (Å²) in [5.74, 6) is -0.466. The van der Waals surface area contributed by atoms with Gasteiger partial charge in [0.2, 0.25) is 5.91 Å². The molecule has 5 rings (SSSR count). The van der Waals surface area contributed by atoms with Gasteiger partial charge in [-0.25, -0.2) is 19.3 Å². The number of phenols is 1. The summed E-state index contributed by atoms with van der Waals surface area (Å²) in [5.41, 5.74) is 2.37. The largest absolute Gasteiger partial charge is 0.507 e. The lowest BCUT2D eigenvalue weighted by Gasteiger charge is -2.24. The van der Waals surface area contributed by atoms with Gasteiger partial charge < -0.3 is 14.6 Å². The van der Waals surface area contributed by atoms with Crippen LogP contribution < -0.4 is 0 Å². The molecule has 1 N–H and O–H groups in total. The van der Waals surface area contributed by atoms with Crippen LogP contribution in [0.5, 0.6) is 5.75 Å². The molecule has 0 radical (unpaired) electrons. The van der Waals surface area contributed by atoms with Crippen LogP contribution in [0.25, 0.3) is 22.0 Å². The van der Waals surface area contributed by atoms with Crippen LogP contribution in [-0.2, 0) is 22.6 Å². The van der Waals surface area contributed by atoms with Crippen molar-refractivity contribution in [2.75, 3.05) is 6.54 Å². The minimum absolute atomic E-state index is 0.0269. The van der Waals surface area contributed by atoms with E-state index in [2.05, 4.69) is 30.9 Å². The molecule has 3 aromatic heterocycles. The number of carbonyl (C=O) groups is 3. The number of hydrogen-bond acceptors (Lipinski definition) is 7. The zero-order valence-electron chi connectivity index (χ0n) is 21.3. The number of benzene rings is 1. The molecule has 9 nitrogen and oxygen atoms in total. The van der Waals surface area contributed by atoms with Crippen LogP contribution in [0, 0.1) is 6.92 Å². The highest BCUT2D eigenvalue weighted by atomic mass is 79.9. The number of fused-ring (bicyclic) bond motifs is 1. The van der Waals surface area contributed by atoms with E-state index in [1.807, 2.05) is 0 Å². The number of pyridine rings is 1. The van der Waals surface area contributed by atoms with Gasteiger partial charge in [-0.05, 0) is 48.0 Å². The lowest BCUT2D eigenvalue weighted by Crippen LogP contribution is -2.42. The highest BCUT2D eigenvalue weighted by Gasteiger charge is 2.39. The topological polar surface area (TPSA) is 118 Å². The van der Waals surface area contributed by atoms with E-state index in [1.165, 1.54) is 17.9 Å². The molecular weight excluding hydrogens is 569 g/mol. The Labute approximate surface area is 231 Å². The molecule has 4 heterocycles. The predicted octanol–water partition coefficient (Wildman–Crippen LogP) is 4.22. The number of ketones is 2. The standard InChI is InChI=1S/C28H25BrFN5O4/c1-15(36)22-13-34(23-9-25(37)20(8-21(22)23)17-10-31-16(2)32-11-17)14-28(39)35-12-18(30)6-24(35)26(38)7-19-4-3-5-27(29)33-19/h3-5,8-11,13,18,24,37H,6-7,12,14H2,1-2H3/t18-,24?/m1/s1. The summed E-state index contributed by atoms with van der Waals surface area (Å²) >= 11 is 3.28. The third-order valence-corrected chi connectivity index (χ3v) is 7.29. The van der Waals surface area contributed by atoms with Gasteiger partial charge in [-0.2, -0.15) is 0 Å². The van der Waals surface area contributed by atoms with Gasteiger partial charge in [0.15, 0.2) is 11.6 Å². The highest BCUT2D eigenvalue weighted by Crippen LogP contribution is 2.35. The predicted molar refractivity (Wildman–Crippen MR) is 145 cm³/mol. The molecule has 0 aliphatic carbocycles.